The second-order valence-electron chi connectivity index (χ2n) is 8.81. The molecule has 2 N–H and O–H groups in total. The van der Waals surface area contributed by atoms with Gasteiger partial charge in [-0.3, -0.25) is 0 Å². The highest BCUT2D eigenvalue weighted by molar-refractivity contribution is 5.71. The average molecular weight is 562 g/mol. The number of piperidine rings is 1. The second kappa shape index (κ2) is 10.4. The van der Waals surface area contributed by atoms with Gasteiger partial charge in [-0.15, -0.1) is 10.2 Å². The maximum Gasteiger partial charge on any atom is 0.451 e. The molecule has 0 unspecified atom stereocenters. The summed E-state index contributed by atoms with van der Waals surface area (Å²) in [7, 11) is 0. The second-order valence-corrected chi connectivity index (χ2v) is 8.81. The Bertz CT molecular complexity index is 1570. The third-order valence-electron chi connectivity index (χ3n) is 6.13. The maximum atomic E-state index is 13.9. The van der Waals surface area contributed by atoms with Gasteiger partial charge in [0.2, 0.25) is 11.8 Å². The standard InChI is InChI=1S/C24H19F5N8O3/c1-11-17(20-36-35-19(40-20)15-4-7-31-21(33-15)24(27,28)29)18(34-22(30)32-11)12-5-8-37(9-6-12)23(38)39-16-3-2-13(25)10-14(16)26/h2-4,7,10,12H,5-6,8-9H2,1H3,(H2,30,32,34). The fraction of sp³-hybridized carbons (Fsp3) is 0.292. The molecule has 0 saturated carbocycles. The van der Waals surface area contributed by atoms with Crippen LogP contribution in [0.4, 0.5) is 32.7 Å². The van der Waals surface area contributed by atoms with Gasteiger partial charge in [-0.2, -0.15) is 13.2 Å². The monoisotopic (exact) mass is 562 g/mol. The van der Waals surface area contributed by atoms with Crippen molar-refractivity contribution in [3.05, 3.63) is 59.3 Å². The number of nitrogen functional groups attached to an aromatic ring is 1. The number of nitrogens with zero attached hydrogens (tertiary/aromatic N) is 7. The van der Waals surface area contributed by atoms with E-state index in [2.05, 4.69) is 30.1 Å². The number of hydrogen-bond acceptors (Lipinski definition) is 10. The summed E-state index contributed by atoms with van der Waals surface area (Å²) in [6.45, 7) is 2.06. The summed E-state index contributed by atoms with van der Waals surface area (Å²) in [4.78, 5) is 29.1. The topological polar surface area (TPSA) is 146 Å². The van der Waals surface area contributed by atoms with Crippen molar-refractivity contribution in [1.29, 1.82) is 0 Å². The molecule has 1 amide bonds. The number of ether oxygens (including phenoxy) is 1. The molecular formula is C24H19F5N8O3. The van der Waals surface area contributed by atoms with Crippen molar-refractivity contribution in [2.24, 2.45) is 0 Å². The van der Waals surface area contributed by atoms with Gasteiger partial charge in [0.05, 0.1) is 17.0 Å². The van der Waals surface area contributed by atoms with E-state index in [1.807, 2.05) is 0 Å². The summed E-state index contributed by atoms with van der Waals surface area (Å²) in [5.74, 6) is -4.15. The van der Waals surface area contributed by atoms with Crippen LogP contribution in [0.3, 0.4) is 0 Å². The van der Waals surface area contributed by atoms with Crippen LogP contribution in [-0.2, 0) is 6.18 Å². The van der Waals surface area contributed by atoms with Crippen LogP contribution in [0, 0.1) is 18.6 Å². The average Bonchev–Trinajstić information content (AvgIpc) is 3.39. The number of nitrogens with two attached hydrogens (primary N) is 1. The zero-order valence-electron chi connectivity index (χ0n) is 20.6. The van der Waals surface area contributed by atoms with Crippen molar-refractivity contribution in [3.63, 3.8) is 0 Å². The summed E-state index contributed by atoms with van der Waals surface area (Å²) >= 11 is 0. The molecule has 1 aliphatic rings. The molecule has 1 saturated heterocycles. The largest absolute Gasteiger partial charge is 0.451 e. The van der Waals surface area contributed by atoms with E-state index in [0.29, 0.717) is 35.9 Å². The van der Waals surface area contributed by atoms with Crippen LogP contribution in [0.5, 0.6) is 5.75 Å². The Labute approximate surface area is 222 Å². The Morgan fingerprint density at radius 1 is 1.07 bits per heavy atom. The van der Waals surface area contributed by atoms with Crippen molar-refractivity contribution >= 4 is 12.0 Å². The van der Waals surface area contributed by atoms with Gasteiger partial charge in [0.25, 0.3) is 11.8 Å². The molecule has 3 aromatic heterocycles. The highest BCUT2D eigenvalue weighted by Crippen LogP contribution is 2.37. The Balaban J connectivity index is 1.36. The lowest BCUT2D eigenvalue weighted by molar-refractivity contribution is -0.144. The zero-order valence-corrected chi connectivity index (χ0v) is 20.6. The predicted molar refractivity (Wildman–Crippen MR) is 126 cm³/mol. The SMILES string of the molecule is Cc1nc(N)nc(C2CCN(C(=O)Oc3ccc(F)cc3F)CC2)c1-c1nnc(-c2ccnc(C(F)(F)F)n2)o1. The van der Waals surface area contributed by atoms with Gasteiger partial charge in [0, 0.05) is 31.3 Å². The van der Waals surface area contributed by atoms with Gasteiger partial charge in [0.1, 0.15) is 11.5 Å². The number of amides is 1. The van der Waals surface area contributed by atoms with Crippen LogP contribution in [0.1, 0.15) is 36.0 Å². The van der Waals surface area contributed by atoms with Gasteiger partial charge in [-0.1, -0.05) is 0 Å². The molecule has 0 bridgehead atoms. The van der Waals surface area contributed by atoms with E-state index in [0.717, 1.165) is 18.3 Å². The Morgan fingerprint density at radius 2 is 1.80 bits per heavy atom. The van der Waals surface area contributed by atoms with Crippen molar-refractivity contribution in [3.8, 4) is 28.8 Å². The Hall–Kier alpha value is -4.76. The highest BCUT2D eigenvalue weighted by Gasteiger charge is 2.35. The number of carbonyl (C=O) groups excluding carboxylic acids is 1. The molecule has 1 aliphatic heterocycles. The Kier molecular flexibility index (Phi) is 6.99. The Morgan fingerprint density at radius 3 is 2.50 bits per heavy atom. The minimum Gasteiger partial charge on any atom is -0.414 e. The normalized spacial score (nSPS) is 14.4. The molecule has 5 rings (SSSR count). The number of anilines is 1. The third-order valence-corrected chi connectivity index (χ3v) is 6.13. The van der Waals surface area contributed by atoms with Crippen molar-refractivity contribution in [2.45, 2.75) is 31.9 Å². The van der Waals surface area contributed by atoms with Crippen LogP contribution in [0.15, 0.2) is 34.9 Å². The van der Waals surface area contributed by atoms with E-state index < -0.39 is 35.5 Å². The van der Waals surface area contributed by atoms with E-state index in [1.165, 1.54) is 11.0 Å². The molecule has 11 nitrogen and oxygen atoms in total. The summed E-state index contributed by atoms with van der Waals surface area (Å²) < 4.78 is 76.9. The van der Waals surface area contributed by atoms with E-state index in [9.17, 15) is 26.7 Å². The minimum absolute atomic E-state index is 0.0183. The summed E-state index contributed by atoms with van der Waals surface area (Å²) in [5, 5.41) is 7.82. The fourth-order valence-corrected chi connectivity index (χ4v) is 4.27. The molecule has 0 aliphatic carbocycles. The lowest BCUT2D eigenvalue weighted by Crippen LogP contribution is -2.40. The molecule has 1 aromatic carbocycles. The third kappa shape index (κ3) is 5.50. The number of likely N-dealkylation sites (tertiary alicyclic amines) is 1. The summed E-state index contributed by atoms with van der Waals surface area (Å²) in [6.07, 6.45) is -3.84. The van der Waals surface area contributed by atoms with Crippen LogP contribution < -0.4 is 10.5 Å². The molecule has 0 radical (unpaired) electrons. The number of carbonyl (C=O) groups is 1. The molecule has 0 spiro atoms. The molecule has 1 fully saturated rings. The minimum atomic E-state index is -4.76. The first-order valence-corrected chi connectivity index (χ1v) is 11.8. The van der Waals surface area contributed by atoms with Crippen molar-refractivity contribution in [1.82, 2.24) is 35.0 Å². The molecule has 4 aromatic rings. The maximum absolute atomic E-state index is 13.9. The molecular weight excluding hydrogens is 543 g/mol. The first-order chi connectivity index (χ1) is 19.0. The van der Waals surface area contributed by atoms with Gasteiger partial charge >= 0.3 is 12.3 Å². The van der Waals surface area contributed by atoms with E-state index in [4.69, 9.17) is 14.9 Å². The lowest BCUT2D eigenvalue weighted by atomic mass is 9.90. The number of benzene rings is 1. The fourth-order valence-electron chi connectivity index (χ4n) is 4.27. The van der Waals surface area contributed by atoms with Gasteiger partial charge < -0.3 is 19.8 Å². The van der Waals surface area contributed by atoms with E-state index in [1.54, 1.807) is 6.92 Å². The molecule has 4 heterocycles. The molecule has 0 atom stereocenters. The number of alkyl halides is 3. The van der Waals surface area contributed by atoms with E-state index in [-0.39, 0.29) is 42.4 Å². The number of rotatable bonds is 4. The molecule has 208 valence electrons. The lowest BCUT2D eigenvalue weighted by Gasteiger charge is -2.31. The number of halogens is 5. The van der Waals surface area contributed by atoms with Gasteiger partial charge in [-0.25, -0.2) is 33.5 Å². The van der Waals surface area contributed by atoms with E-state index >= 15 is 0 Å². The van der Waals surface area contributed by atoms with Gasteiger partial charge in [-0.05, 0) is 38.0 Å². The van der Waals surface area contributed by atoms with Crippen LogP contribution in [0.25, 0.3) is 23.0 Å². The summed E-state index contributed by atoms with van der Waals surface area (Å²) in [6, 6.07) is 3.82. The van der Waals surface area contributed by atoms with Crippen LogP contribution in [0.2, 0.25) is 0 Å². The van der Waals surface area contributed by atoms with Crippen molar-refractivity contribution in [2.75, 3.05) is 18.8 Å². The molecule has 16 heteroatoms. The van der Waals surface area contributed by atoms with Crippen LogP contribution >= 0.6 is 0 Å². The predicted octanol–water partition coefficient (Wildman–Crippen LogP) is 4.55. The smallest absolute Gasteiger partial charge is 0.414 e. The van der Waals surface area contributed by atoms with Crippen molar-refractivity contribution < 1.29 is 35.9 Å². The summed E-state index contributed by atoms with van der Waals surface area (Å²) in [5.41, 5.74) is 6.88. The number of hydrogen-bond donors (Lipinski definition) is 1. The first-order valence-electron chi connectivity index (χ1n) is 11.8. The quantitative estimate of drug-likeness (QED) is 0.352. The number of aromatic nitrogens is 6. The highest BCUT2D eigenvalue weighted by atomic mass is 19.4. The number of aryl methyl sites for hydroxylation is 1. The molecule has 40 heavy (non-hydrogen) atoms. The first kappa shape index (κ1) is 26.8. The zero-order chi connectivity index (χ0) is 28.6. The van der Waals surface area contributed by atoms with Crippen LogP contribution in [-0.4, -0.2) is 54.2 Å². The van der Waals surface area contributed by atoms with Gasteiger partial charge in [0.15, 0.2) is 11.6 Å².